The zero-order valence-corrected chi connectivity index (χ0v) is 28.2. The van der Waals surface area contributed by atoms with Crippen LogP contribution in [-0.2, 0) is 5.41 Å². The first-order valence-electron chi connectivity index (χ1n) is 17.2. The van der Waals surface area contributed by atoms with Crippen molar-refractivity contribution >= 4 is 22.6 Å². The molecule has 3 N–H and O–H groups in total. The van der Waals surface area contributed by atoms with E-state index in [2.05, 4.69) is 152 Å². The maximum Gasteiger partial charge on any atom is 0.124 e. The fraction of sp³-hybridized carbons (Fsp3) is 0.130. The first kappa shape index (κ1) is 31.1. The fourth-order valence-corrected chi connectivity index (χ4v) is 7.53. The van der Waals surface area contributed by atoms with E-state index in [0.29, 0.717) is 11.4 Å². The molecule has 0 fully saturated rings. The van der Waals surface area contributed by atoms with Crippen molar-refractivity contribution < 1.29 is 0 Å². The number of hydrogen-bond donors (Lipinski definition) is 3. The van der Waals surface area contributed by atoms with Gasteiger partial charge in [0.1, 0.15) is 12.0 Å². The molecule has 1 aliphatic heterocycles. The molecule has 0 aromatic heterocycles. The molecule has 0 saturated carbocycles. The van der Waals surface area contributed by atoms with E-state index in [9.17, 15) is 5.26 Å². The van der Waals surface area contributed by atoms with E-state index in [4.69, 9.17) is 5.41 Å². The Bertz CT molecular complexity index is 2300. The van der Waals surface area contributed by atoms with Crippen molar-refractivity contribution in [2.75, 3.05) is 0 Å². The summed E-state index contributed by atoms with van der Waals surface area (Å²) in [6.45, 7) is 4.50. The van der Waals surface area contributed by atoms with E-state index in [1.807, 2.05) is 30.5 Å². The minimum atomic E-state index is -0.216. The summed E-state index contributed by atoms with van der Waals surface area (Å²) in [6.07, 6.45) is 11.4. The van der Waals surface area contributed by atoms with Gasteiger partial charge in [-0.15, -0.1) is 0 Å². The number of rotatable bonds is 6. The van der Waals surface area contributed by atoms with Crippen LogP contribution in [0.15, 0.2) is 152 Å². The molecule has 4 nitrogen and oxygen atoms in total. The highest BCUT2D eigenvalue weighted by Gasteiger charge is 2.36. The van der Waals surface area contributed by atoms with Crippen LogP contribution in [0.25, 0.3) is 39.0 Å². The molecule has 2 unspecified atom stereocenters. The number of amidine groups is 1. The Balaban J connectivity index is 0.983. The maximum absolute atomic E-state index is 9.50. The summed E-state index contributed by atoms with van der Waals surface area (Å²) in [7, 11) is 0. The number of nitrogens with one attached hydrogen (secondary N) is 3. The zero-order valence-electron chi connectivity index (χ0n) is 28.2. The molecule has 0 radical (unpaired) electrons. The molecule has 242 valence electrons. The van der Waals surface area contributed by atoms with Gasteiger partial charge in [0.15, 0.2) is 0 Å². The summed E-state index contributed by atoms with van der Waals surface area (Å²) >= 11 is 0. The number of hydrogen-bond acceptors (Lipinski definition) is 3. The second-order valence-corrected chi connectivity index (χ2v) is 13.8. The molecular weight excluding hydrogens is 609 g/mol. The quantitative estimate of drug-likeness (QED) is 0.127. The van der Waals surface area contributed by atoms with Gasteiger partial charge >= 0.3 is 0 Å². The Labute approximate surface area is 294 Å². The summed E-state index contributed by atoms with van der Waals surface area (Å²) in [5.74, 6) is 0.451. The van der Waals surface area contributed by atoms with Crippen molar-refractivity contribution in [3.8, 4) is 28.3 Å². The van der Waals surface area contributed by atoms with E-state index in [0.717, 1.165) is 28.7 Å². The van der Waals surface area contributed by atoms with E-state index in [-0.39, 0.29) is 17.5 Å². The van der Waals surface area contributed by atoms with Crippen molar-refractivity contribution in [2.24, 2.45) is 5.92 Å². The lowest BCUT2D eigenvalue weighted by Crippen LogP contribution is -2.47. The lowest BCUT2D eigenvalue weighted by molar-refractivity contribution is 0.645. The number of allylic oxidation sites excluding steroid dienone is 5. The molecule has 1 heterocycles. The van der Waals surface area contributed by atoms with Crippen LogP contribution in [0.1, 0.15) is 53.6 Å². The number of nitrogens with zero attached hydrogens (tertiary/aromatic N) is 1. The Morgan fingerprint density at radius 2 is 1.40 bits per heavy atom. The SMILES string of the molecule is CC1(C)c2cc(C#N)ccc2-c2ccc(-c3cccc(C4=CCC(C(=N)NC5NC=C(c6ccccc6)C=C5c5ccccc5)C=C4)c3)cc21. The average molecular weight is 647 g/mol. The van der Waals surface area contributed by atoms with Gasteiger partial charge in [0.2, 0.25) is 0 Å². The average Bonchev–Trinajstić information content (AvgIpc) is 3.40. The topological polar surface area (TPSA) is 71.7 Å². The third-order valence-electron chi connectivity index (χ3n) is 10.3. The fourth-order valence-electron chi connectivity index (χ4n) is 7.53. The van der Waals surface area contributed by atoms with Crippen LogP contribution in [0.3, 0.4) is 0 Å². The van der Waals surface area contributed by atoms with Gasteiger partial charge in [0.05, 0.1) is 11.6 Å². The largest absolute Gasteiger partial charge is 0.367 e. The van der Waals surface area contributed by atoms with Crippen molar-refractivity contribution in [2.45, 2.75) is 31.8 Å². The predicted octanol–water partition coefficient (Wildman–Crippen LogP) is 10.1. The zero-order chi connectivity index (χ0) is 34.2. The molecule has 3 aliphatic rings. The van der Waals surface area contributed by atoms with Gasteiger partial charge in [0, 0.05) is 23.1 Å². The van der Waals surface area contributed by atoms with Crippen LogP contribution >= 0.6 is 0 Å². The predicted molar refractivity (Wildman–Crippen MR) is 206 cm³/mol. The van der Waals surface area contributed by atoms with Crippen molar-refractivity contribution in [3.05, 3.63) is 185 Å². The van der Waals surface area contributed by atoms with Crippen LogP contribution in [0.4, 0.5) is 0 Å². The van der Waals surface area contributed by atoms with E-state index >= 15 is 0 Å². The van der Waals surface area contributed by atoms with Crippen molar-refractivity contribution in [1.29, 1.82) is 10.7 Å². The first-order valence-corrected chi connectivity index (χ1v) is 17.2. The number of dihydropyridines is 1. The van der Waals surface area contributed by atoms with E-state index in [1.54, 1.807) is 0 Å². The normalized spacial score (nSPS) is 18.4. The van der Waals surface area contributed by atoms with Crippen molar-refractivity contribution in [3.63, 3.8) is 0 Å². The minimum absolute atomic E-state index is 0.0395. The van der Waals surface area contributed by atoms with Gasteiger partial charge in [-0.05, 0) is 98.0 Å². The van der Waals surface area contributed by atoms with E-state index < -0.39 is 0 Å². The molecule has 0 bridgehead atoms. The smallest absolute Gasteiger partial charge is 0.124 e. The Morgan fingerprint density at radius 1 is 0.740 bits per heavy atom. The lowest BCUT2D eigenvalue weighted by Gasteiger charge is -2.30. The monoisotopic (exact) mass is 646 g/mol. The number of nitriles is 1. The Kier molecular flexibility index (Phi) is 7.90. The molecule has 0 saturated heterocycles. The highest BCUT2D eigenvalue weighted by molar-refractivity contribution is 5.92. The Hall–Kier alpha value is -6.18. The highest BCUT2D eigenvalue weighted by atomic mass is 15.1. The summed E-state index contributed by atoms with van der Waals surface area (Å²) in [5, 5.41) is 25.6. The summed E-state index contributed by atoms with van der Waals surface area (Å²) < 4.78 is 0. The number of benzene rings is 5. The molecular formula is C46H38N4. The van der Waals surface area contributed by atoms with Crippen LogP contribution in [0, 0.1) is 22.7 Å². The minimum Gasteiger partial charge on any atom is -0.367 e. The van der Waals surface area contributed by atoms with Crippen molar-refractivity contribution in [1.82, 2.24) is 10.6 Å². The lowest BCUT2D eigenvalue weighted by atomic mass is 9.81. The van der Waals surface area contributed by atoms with Gasteiger partial charge in [-0.3, -0.25) is 5.41 Å². The molecule has 2 aliphatic carbocycles. The molecule has 50 heavy (non-hydrogen) atoms. The molecule has 0 spiro atoms. The summed E-state index contributed by atoms with van der Waals surface area (Å²) in [6, 6.07) is 44.6. The number of fused-ring (bicyclic) bond motifs is 3. The highest BCUT2D eigenvalue weighted by Crippen LogP contribution is 2.50. The second-order valence-electron chi connectivity index (χ2n) is 13.8. The van der Waals surface area contributed by atoms with Crippen LogP contribution in [0.2, 0.25) is 0 Å². The van der Waals surface area contributed by atoms with Gasteiger partial charge in [0.25, 0.3) is 0 Å². The van der Waals surface area contributed by atoms with Gasteiger partial charge < -0.3 is 10.6 Å². The summed E-state index contributed by atoms with van der Waals surface area (Å²) in [4.78, 5) is 0. The second kappa shape index (κ2) is 12.7. The molecule has 8 rings (SSSR count). The third kappa shape index (κ3) is 5.67. The van der Waals surface area contributed by atoms with Crippen LogP contribution in [0.5, 0.6) is 0 Å². The van der Waals surface area contributed by atoms with Gasteiger partial charge in [-0.1, -0.05) is 129 Å². The molecule has 4 heteroatoms. The Morgan fingerprint density at radius 3 is 2.12 bits per heavy atom. The molecule has 5 aromatic rings. The molecule has 5 aromatic carbocycles. The standard InChI is InChI=1S/C46H38N4/c1-46(2)42-24-30(28-47)16-22-39(42)40-23-21-37(27-43(40)46)36-15-9-14-35(25-36)32-17-19-34(20-18-32)44(48)50-45-41(33-12-7-4-8-13-33)26-38(29-49-45)31-10-5-3-6-11-31/h3-19,21-27,29,34,45,49H,20H2,1-2H3,(H2,48,50). The van der Waals surface area contributed by atoms with Gasteiger partial charge in [-0.25, -0.2) is 0 Å². The van der Waals surface area contributed by atoms with Gasteiger partial charge in [-0.2, -0.15) is 5.26 Å². The maximum atomic E-state index is 9.50. The summed E-state index contributed by atoms with van der Waals surface area (Å²) in [5.41, 5.74) is 14.7. The van der Waals surface area contributed by atoms with E-state index in [1.165, 1.54) is 44.5 Å². The van der Waals surface area contributed by atoms with Crippen LogP contribution < -0.4 is 10.6 Å². The first-order chi connectivity index (χ1) is 24.4. The van der Waals surface area contributed by atoms with Crippen LogP contribution in [-0.4, -0.2) is 12.0 Å². The third-order valence-corrected chi connectivity index (χ3v) is 10.3. The molecule has 2 atom stereocenters. The molecule has 0 amide bonds.